The van der Waals surface area contributed by atoms with Gasteiger partial charge in [0.1, 0.15) is 28.8 Å². The molecule has 238 valence electrons. The fourth-order valence-electron chi connectivity index (χ4n) is 7.35. The molecule has 0 bridgehead atoms. The van der Waals surface area contributed by atoms with E-state index in [1.165, 1.54) is 32.1 Å². The number of hydrogen-bond acceptors (Lipinski definition) is 9. The van der Waals surface area contributed by atoms with Crippen molar-refractivity contribution in [3.63, 3.8) is 0 Å². The Bertz CT molecular complexity index is 1410. The van der Waals surface area contributed by atoms with Crippen molar-refractivity contribution in [3.05, 3.63) is 30.1 Å². The second kappa shape index (κ2) is 13.8. The maximum Gasteiger partial charge on any atom is 0.151 e. The monoisotopic (exact) mass is 604 g/mol. The molecule has 0 amide bonds. The number of aryl methyl sites for hydroxylation is 1. The minimum atomic E-state index is -0.760. The van der Waals surface area contributed by atoms with Crippen LogP contribution in [0.3, 0.4) is 0 Å². The number of pyridine rings is 1. The van der Waals surface area contributed by atoms with E-state index >= 15 is 0 Å². The van der Waals surface area contributed by atoms with E-state index in [-0.39, 0.29) is 0 Å². The van der Waals surface area contributed by atoms with Crippen LogP contribution in [0.1, 0.15) is 64.5 Å². The Balaban J connectivity index is 1.20. The third kappa shape index (κ3) is 6.71. The van der Waals surface area contributed by atoms with Crippen molar-refractivity contribution < 1.29 is 9.13 Å². The first-order valence-electron chi connectivity index (χ1n) is 16.7. The molecule has 9 nitrogen and oxygen atoms in total. The summed E-state index contributed by atoms with van der Waals surface area (Å²) in [5.41, 5.74) is 11.7. The zero-order valence-corrected chi connectivity index (χ0v) is 26.7. The molecule has 2 saturated heterocycles. The van der Waals surface area contributed by atoms with Crippen LogP contribution in [0.15, 0.2) is 24.4 Å². The molecule has 3 N–H and O–H groups in total. The van der Waals surface area contributed by atoms with Gasteiger partial charge in [-0.3, -0.25) is 9.80 Å². The van der Waals surface area contributed by atoms with Crippen LogP contribution in [0.5, 0.6) is 5.75 Å². The number of piperazine rings is 1. The molecular formula is C34H49FN8O. The summed E-state index contributed by atoms with van der Waals surface area (Å²) in [5.74, 6) is 2.11. The van der Waals surface area contributed by atoms with Gasteiger partial charge in [-0.2, -0.15) is 0 Å². The first kappa shape index (κ1) is 30.8. The van der Waals surface area contributed by atoms with Crippen LogP contribution >= 0.6 is 0 Å². The fraction of sp³-hybridized carbons (Fsp3) is 0.618. The van der Waals surface area contributed by atoms with Gasteiger partial charge in [-0.25, -0.2) is 19.3 Å². The normalized spacial score (nSPS) is 20.2. The highest BCUT2D eigenvalue weighted by Crippen LogP contribution is 2.38. The Labute approximate surface area is 261 Å². The summed E-state index contributed by atoms with van der Waals surface area (Å²) in [7, 11) is 1.74. The average Bonchev–Trinajstić information content (AvgIpc) is 3.05. The van der Waals surface area contributed by atoms with Crippen molar-refractivity contribution in [2.75, 3.05) is 68.9 Å². The van der Waals surface area contributed by atoms with Gasteiger partial charge in [-0.1, -0.05) is 32.3 Å². The van der Waals surface area contributed by atoms with E-state index in [1.54, 1.807) is 14.0 Å². The number of fused-ring (bicyclic) bond motifs is 1. The number of nitrogen functional groups attached to an aromatic ring is 1. The van der Waals surface area contributed by atoms with E-state index in [0.29, 0.717) is 30.0 Å². The number of nitrogens with two attached hydrogens (primary N) is 1. The minimum absolute atomic E-state index is 0.403. The van der Waals surface area contributed by atoms with Gasteiger partial charge in [0.15, 0.2) is 5.82 Å². The smallest absolute Gasteiger partial charge is 0.151 e. The predicted molar refractivity (Wildman–Crippen MR) is 177 cm³/mol. The molecule has 4 heterocycles. The molecule has 6 rings (SSSR count). The van der Waals surface area contributed by atoms with Crippen LogP contribution < -0.4 is 20.7 Å². The number of alkyl halides is 1. The van der Waals surface area contributed by atoms with Gasteiger partial charge in [0, 0.05) is 69.7 Å². The number of aromatic nitrogens is 3. The van der Waals surface area contributed by atoms with Crippen molar-refractivity contribution in [2.45, 2.75) is 83.5 Å². The van der Waals surface area contributed by atoms with Gasteiger partial charge in [0.25, 0.3) is 0 Å². The summed E-state index contributed by atoms with van der Waals surface area (Å²) < 4.78 is 19.4. The number of halogens is 1. The summed E-state index contributed by atoms with van der Waals surface area (Å²) >= 11 is 0. The largest absolute Gasteiger partial charge is 0.495 e. The maximum absolute atomic E-state index is 13.4. The Hall–Kier alpha value is -3.24. The molecule has 3 aliphatic rings. The van der Waals surface area contributed by atoms with E-state index in [1.807, 2.05) is 6.20 Å². The Kier molecular flexibility index (Phi) is 9.66. The first-order valence-corrected chi connectivity index (χ1v) is 16.7. The minimum Gasteiger partial charge on any atom is -0.495 e. The zero-order chi connectivity index (χ0) is 30.6. The van der Waals surface area contributed by atoms with E-state index in [2.05, 4.69) is 50.1 Å². The number of ether oxygens (including phenoxy) is 1. The molecule has 0 radical (unpaired) electrons. The number of piperidine rings is 1. The Morgan fingerprint density at radius 1 is 1.00 bits per heavy atom. The SMILES string of the molecule is CCc1nc2c(N)ncc(-c3ccc(N4CCC(N5CCN(CC(C)F)CC5)CC4)c(OC)c3)c2nc1NC1CCCCC1. The number of nitrogens with zero attached hydrogens (tertiary/aromatic N) is 6. The molecule has 1 atom stereocenters. The molecule has 3 aromatic rings. The molecule has 1 aliphatic carbocycles. The van der Waals surface area contributed by atoms with Gasteiger partial charge in [0.05, 0.1) is 18.5 Å². The van der Waals surface area contributed by atoms with Crippen LogP contribution in [0, 0.1) is 0 Å². The summed E-state index contributed by atoms with van der Waals surface area (Å²) in [5, 5.41) is 3.71. The molecule has 44 heavy (non-hydrogen) atoms. The zero-order valence-electron chi connectivity index (χ0n) is 26.7. The molecule has 0 spiro atoms. The number of benzene rings is 1. The first-order chi connectivity index (χ1) is 21.4. The molecule has 1 saturated carbocycles. The summed E-state index contributed by atoms with van der Waals surface area (Å²) in [4.78, 5) is 21.9. The number of anilines is 3. The number of nitrogens with one attached hydrogen (secondary N) is 1. The van der Waals surface area contributed by atoms with Gasteiger partial charge < -0.3 is 20.7 Å². The Morgan fingerprint density at radius 3 is 2.43 bits per heavy atom. The molecule has 1 unspecified atom stereocenters. The standard InChI is InChI=1S/C34H49FN8O/c1-4-28-34(38-25-8-6-5-7-9-25)40-31-27(21-37-33(36)32(31)39-28)24-10-11-29(30(20-24)44-3)43-14-12-26(13-15-43)42-18-16-41(17-19-42)22-23(2)35/h10-11,20-21,23,25-26H,4-9,12-19,22H2,1-3H3,(H2,36,37)(H,38,40). The maximum atomic E-state index is 13.4. The van der Waals surface area contributed by atoms with E-state index in [4.69, 9.17) is 20.4 Å². The predicted octanol–water partition coefficient (Wildman–Crippen LogP) is 5.53. The summed E-state index contributed by atoms with van der Waals surface area (Å²) in [6.45, 7) is 10.2. The molecule has 1 aromatic carbocycles. The average molecular weight is 605 g/mol. The highest BCUT2D eigenvalue weighted by Gasteiger charge is 2.29. The van der Waals surface area contributed by atoms with Crippen molar-refractivity contribution in [1.82, 2.24) is 24.8 Å². The third-order valence-corrected chi connectivity index (χ3v) is 9.81. The second-order valence-electron chi connectivity index (χ2n) is 12.8. The Morgan fingerprint density at radius 2 is 1.75 bits per heavy atom. The highest BCUT2D eigenvalue weighted by atomic mass is 19.1. The molecular weight excluding hydrogens is 555 g/mol. The molecule has 2 aliphatic heterocycles. The lowest BCUT2D eigenvalue weighted by atomic mass is 9.95. The number of methoxy groups -OCH3 is 1. The van der Waals surface area contributed by atoms with Crippen molar-refractivity contribution >= 4 is 28.4 Å². The quantitative estimate of drug-likeness (QED) is 0.327. The van der Waals surface area contributed by atoms with Gasteiger partial charge in [-0.15, -0.1) is 0 Å². The van der Waals surface area contributed by atoms with E-state index < -0.39 is 6.17 Å². The summed E-state index contributed by atoms with van der Waals surface area (Å²) in [6.07, 6.45) is 10.2. The van der Waals surface area contributed by atoms with Crippen LogP contribution in [0.2, 0.25) is 0 Å². The topological polar surface area (TPSA) is 95.7 Å². The van der Waals surface area contributed by atoms with Gasteiger partial charge in [-0.05, 0) is 56.7 Å². The fourth-order valence-corrected chi connectivity index (χ4v) is 7.35. The highest BCUT2D eigenvalue weighted by molar-refractivity contribution is 5.97. The van der Waals surface area contributed by atoms with Crippen molar-refractivity contribution in [3.8, 4) is 16.9 Å². The summed E-state index contributed by atoms with van der Waals surface area (Å²) in [6, 6.07) is 7.43. The van der Waals surface area contributed by atoms with Crippen LogP contribution in [-0.2, 0) is 6.42 Å². The second-order valence-corrected chi connectivity index (χ2v) is 12.8. The van der Waals surface area contributed by atoms with Gasteiger partial charge >= 0.3 is 0 Å². The van der Waals surface area contributed by atoms with E-state index in [0.717, 1.165) is 98.1 Å². The molecule has 2 aromatic heterocycles. The lowest BCUT2D eigenvalue weighted by Crippen LogP contribution is -2.53. The number of rotatable bonds is 9. The van der Waals surface area contributed by atoms with Crippen LogP contribution in [0.25, 0.3) is 22.2 Å². The van der Waals surface area contributed by atoms with Gasteiger partial charge in [0.2, 0.25) is 0 Å². The lowest BCUT2D eigenvalue weighted by Gasteiger charge is -2.43. The van der Waals surface area contributed by atoms with Crippen molar-refractivity contribution in [2.24, 2.45) is 0 Å². The van der Waals surface area contributed by atoms with Crippen LogP contribution in [-0.4, -0.2) is 95.9 Å². The molecule has 10 heteroatoms. The van der Waals surface area contributed by atoms with Crippen molar-refractivity contribution in [1.29, 1.82) is 0 Å². The third-order valence-electron chi connectivity index (χ3n) is 9.81. The lowest BCUT2D eigenvalue weighted by molar-refractivity contribution is 0.0728. The molecule has 3 fully saturated rings. The number of hydrogen-bond donors (Lipinski definition) is 2. The van der Waals surface area contributed by atoms with E-state index in [9.17, 15) is 4.39 Å². The van der Waals surface area contributed by atoms with Crippen LogP contribution in [0.4, 0.5) is 21.7 Å².